The summed E-state index contributed by atoms with van der Waals surface area (Å²) < 4.78 is 0. The van der Waals surface area contributed by atoms with E-state index in [-0.39, 0.29) is 0 Å². The van der Waals surface area contributed by atoms with Crippen LogP contribution in [-0.2, 0) is 0 Å². The molecule has 0 spiro atoms. The van der Waals surface area contributed by atoms with E-state index in [2.05, 4.69) is 18.7 Å². The Morgan fingerprint density at radius 3 is 2.71 bits per heavy atom. The van der Waals surface area contributed by atoms with Gasteiger partial charge in [0.15, 0.2) is 0 Å². The summed E-state index contributed by atoms with van der Waals surface area (Å²) in [5.74, 6) is 0. The van der Waals surface area contributed by atoms with E-state index in [9.17, 15) is 0 Å². The van der Waals surface area contributed by atoms with E-state index >= 15 is 0 Å². The Hall–Kier alpha value is -0.0400. The minimum absolute atomic E-state index is 0.887. The summed E-state index contributed by atoms with van der Waals surface area (Å²) in [6.07, 6.45) is 1.30. The minimum atomic E-state index is 0.887. The molecule has 1 aliphatic heterocycles. The van der Waals surface area contributed by atoms with Crippen molar-refractivity contribution in [2.45, 2.75) is 19.4 Å². The van der Waals surface area contributed by atoms with Crippen LogP contribution in [0.15, 0.2) is 0 Å². The molecule has 2 atom stereocenters. The van der Waals surface area contributed by atoms with Crippen molar-refractivity contribution in [3.63, 3.8) is 0 Å². The topological polar surface area (TPSA) is 3.01 Å². The van der Waals surface area contributed by atoms with Gasteiger partial charge in [0.2, 0.25) is 0 Å². The maximum absolute atomic E-state index is 3.77. The van der Waals surface area contributed by atoms with E-state index in [1.54, 1.807) is 0 Å². The highest BCUT2D eigenvalue weighted by atomic mass is 15.3. The van der Waals surface area contributed by atoms with Gasteiger partial charge in [0.25, 0.3) is 0 Å². The van der Waals surface area contributed by atoms with E-state index in [0.29, 0.717) is 0 Å². The van der Waals surface area contributed by atoms with Crippen molar-refractivity contribution in [2.24, 2.45) is 0 Å². The smallest absolute Gasteiger partial charge is 0.0221 e. The molecule has 0 aromatic heterocycles. The lowest BCUT2D eigenvalue weighted by Crippen LogP contribution is -1.98. The maximum Gasteiger partial charge on any atom is 0.0221 e. The van der Waals surface area contributed by atoms with Crippen molar-refractivity contribution in [2.75, 3.05) is 13.1 Å². The molecule has 7 heavy (non-hydrogen) atoms. The van der Waals surface area contributed by atoms with Crippen LogP contribution in [0.4, 0.5) is 0 Å². The highest BCUT2D eigenvalue weighted by molar-refractivity contribution is 4.87. The van der Waals surface area contributed by atoms with Crippen LogP contribution in [0.25, 0.3) is 0 Å². The highest BCUT2D eigenvalue weighted by Crippen LogP contribution is 2.18. The third kappa shape index (κ3) is 0.942. The summed E-state index contributed by atoms with van der Waals surface area (Å²) in [7, 11) is 0. The SMILES string of the molecule is [CH2]CN1CC1CC. The molecule has 1 heteroatoms. The molecule has 2 unspecified atom stereocenters. The average molecular weight is 98.2 g/mol. The summed E-state index contributed by atoms with van der Waals surface area (Å²) in [6, 6.07) is 0.887. The van der Waals surface area contributed by atoms with Crippen molar-refractivity contribution >= 4 is 0 Å². The van der Waals surface area contributed by atoms with E-state index in [1.165, 1.54) is 13.0 Å². The van der Waals surface area contributed by atoms with Gasteiger partial charge in [-0.3, -0.25) is 4.90 Å². The molecule has 0 saturated carbocycles. The molecule has 0 amide bonds. The zero-order chi connectivity index (χ0) is 5.28. The lowest BCUT2D eigenvalue weighted by Gasteiger charge is -1.90. The Labute approximate surface area is 45.3 Å². The standard InChI is InChI=1S/C6H12N/c1-3-6-5-7(6)4-2/h6H,2-5H2,1H3. The predicted molar refractivity (Wildman–Crippen MR) is 31.0 cm³/mol. The summed E-state index contributed by atoms with van der Waals surface area (Å²) >= 11 is 0. The fourth-order valence-corrected chi connectivity index (χ4v) is 0.885. The Morgan fingerprint density at radius 1 is 1.86 bits per heavy atom. The summed E-state index contributed by atoms with van der Waals surface area (Å²) in [5, 5.41) is 0. The fourth-order valence-electron chi connectivity index (χ4n) is 0.885. The van der Waals surface area contributed by atoms with E-state index in [1.807, 2.05) is 0 Å². The van der Waals surface area contributed by atoms with Gasteiger partial charge in [0.1, 0.15) is 0 Å². The van der Waals surface area contributed by atoms with Gasteiger partial charge in [-0.15, -0.1) is 0 Å². The molecular formula is C6H12N. The Balaban J connectivity index is 2.06. The molecule has 0 aliphatic carbocycles. The Kier molecular flexibility index (Phi) is 1.33. The second-order valence-corrected chi connectivity index (χ2v) is 2.06. The van der Waals surface area contributed by atoms with E-state index in [4.69, 9.17) is 0 Å². The molecule has 1 aliphatic rings. The first-order valence-corrected chi connectivity index (χ1v) is 2.91. The summed E-state index contributed by atoms with van der Waals surface area (Å²) in [6.45, 7) is 8.28. The quantitative estimate of drug-likeness (QED) is 0.464. The number of hydrogen-bond donors (Lipinski definition) is 0. The molecule has 1 radical (unpaired) electrons. The Bertz CT molecular complexity index is 53.2. The van der Waals surface area contributed by atoms with Gasteiger partial charge in [-0.05, 0) is 19.9 Å². The van der Waals surface area contributed by atoms with Crippen molar-refractivity contribution in [1.29, 1.82) is 0 Å². The van der Waals surface area contributed by atoms with Crippen LogP contribution >= 0.6 is 0 Å². The minimum Gasteiger partial charge on any atom is -0.298 e. The Morgan fingerprint density at radius 2 is 2.57 bits per heavy atom. The fraction of sp³-hybridized carbons (Fsp3) is 0.833. The van der Waals surface area contributed by atoms with Crippen LogP contribution in [0.5, 0.6) is 0 Å². The van der Waals surface area contributed by atoms with Crippen molar-refractivity contribution in [3.8, 4) is 0 Å². The van der Waals surface area contributed by atoms with Gasteiger partial charge in [-0.1, -0.05) is 6.92 Å². The highest BCUT2D eigenvalue weighted by Gasteiger charge is 2.29. The van der Waals surface area contributed by atoms with Gasteiger partial charge in [-0.25, -0.2) is 0 Å². The van der Waals surface area contributed by atoms with Gasteiger partial charge in [0, 0.05) is 12.6 Å². The number of nitrogens with zero attached hydrogens (tertiary/aromatic N) is 1. The van der Waals surface area contributed by atoms with Crippen LogP contribution in [0, 0.1) is 6.92 Å². The monoisotopic (exact) mass is 98.1 g/mol. The third-order valence-electron chi connectivity index (χ3n) is 1.59. The van der Waals surface area contributed by atoms with Crippen molar-refractivity contribution < 1.29 is 0 Å². The molecule has 1 fully saturated rings. The van der Waals surface area contributed by atoms with E-state index in [0.717, 1.165) is 12.6 Å². The van der Waals surface area contributed by atoms with Gasteiger partial charge in [-0.2, -0.15) is 0 Å². The average Bonchev–Trinajstić information content (AvgIpc) is 2.43. The molecule has 1 nitrogen and oxygen atoms in total. The molecular weight excluding hydrogens is 86.1 g/mol. The molecule has 0 N–H and O–H groups in total. The zero-order valence-corrected chi connectivity index (χ0v) is 4.85. The maximum atomic E-state index is 3.77. The van der Waals surface area contributed by atoms with Gasteiger partial charge >= 0.3 is 0 Å². The van der Waals surface area contributed by atoms with Crippen LogP contribution in [0.2, 0.25) is 0 Å². The van der Waals surface area contributed by atoms with E-state index < -0.39 is 0 Å². The van der Waals surface area contributed by atoms with Crippen molar-refractivity contribution in [3.05, 3.63) is 6.92 Å². The number of rotatable bonds is 2. The molecule has 0 aromatic rings. The largest absolute Gasteiger partial charge is 0.298 e. The molecule has 1 heterocycles. The van der Waals surface area contributed by atoms with Crippen molar-refractivity contribution in [1.82, 2.24) is 4.90 Å². The van der Waals surface area contributed by atoms with Crippen LogP contribution in [0.1, 0.15) is 13.3 Å². The second-order valence-electron chi connectivity index (χ2n) is 2.06. The van der Waals surface area contributed by atoms with Gasteiger partial charge < -0.3 is 0 Å². The first-order chi connectivity index (χ1) is 3.38. The zero-order valence-electron chi connectivity index (χ0n) is 4.85. The number of hydrogen-bond acceptors (Lipinski definition) is 1. The first kappa shape index (κ1) is 5.10. The molecule has 1 saturated heterocycles. The lowest BCUT2D eigenvalue weighted by atomic mass is 10.4. The molecule has 0 aromatic carbocycles. The first-order valence-electron chi connectivity index (χ1n) is 2.91. The molecule has 1 rings (SSSR count). The molecule has 0 bridgehead atoms. The summed E-state index contributed by atoms with van der Waals surface area (Å²) in [5.41, 5.74) is 0. The normalized spacial score (nSPS) is 38.6. The molecule has 41 valence electrons. The summed E-state index contributed by atoms with van der Waals surface area (Å²) in [4.78, 5) is 2.36. The van der Waals surface area contributed by atoms with Crippen LogP contribution in [0.3, 0.4) is 0 Å². The third-order valence-corrected chi connectivity index (χ3v) is 1.59. The van der Waals surface area contributed by atoms with Crippen LogP contribution in [-0.4, -0.2) is 24.0 Å². The van der Waals surface area contributed by atoms with Crippen LogP contribution < -0.4 is 0 Å². The van der Waals surface area contributed by atoms with Gasteiger partial charge in [0.05, 0.1) is 0 Å². The lowest BCUT2D eigenvalue weighted by molar-refractivity contribution is 0.551. The second kappa shape index (κ2) is 1.83. The predicted octanol–water partition coefficient (Wildman–Crippen LogP) is 0.915.